The second-order valence-electron chi connectivity index (χ2n) is 14.5. The second-order valence-corrected chi connectivity index (χ2v) is 14.5. The molecule has 8 nitrogen and oxygen atoms in total. The summed E-state index contributed by atoms with van der Waals surface area (Å²) in [4.78, 5) is 40.8. The fourth-order valence-electron chi connectivity index (χ4n) is 5.64. The maximum atomic E-state index is 13.5. The Hall–Kier alpha value is -3.65. The molecule has 2 N–H and O–H groups in total. The van der Waals surface area contributed by atoms with Crippen molar-refractivity contribution < 1.29 is 23.9 Å². The summed E-state index contributed by atoms with van der Waals surface area (Å²) in [5.41, 5.74) is 4.17. The smallest absolute Gasteiger partial charge is 0.410 e. The predicted molar refractivity (Wildman–Crippen MR) is 170 cm³/mol. The van der Waals surface area contributed by atoms with Crippen LogP contribution in [0.25, 0.3) is 5.57 Å². The molecule has 0 radical (unpaired) electrons. The Kier molecular flexibility index (Phi) is 9.12. The summed E-state index contributed by atoms with van der Waals surface area (Å²) in [5, 5.41) is 6.39. The van der Waals surface area contributed by atoms with Gasteiger partial charge in [-0.1, -0.05) is 45.0 Å². The van der Waals surface area contributed by atoms with Gasteiger partial charge in [-0.3, -0.25) is 4.79 Å². The van der Waals surface area contributed by atoms with Gasteiger partial charge in [0.2, 0.25) is 5.91 Å². The van der Waals surface area contributed by atoms with Crippen LogP contribution in [0.2, 0.25) is 0 Å². The number of carbonyl (C=O) groups is 3. The van der Waals surface area contributed by atoms with Gasteiger partial charge in [0.15, 0.2) is 0 Å². The molecule has 232 valence electrons. The van der Waals surface area contributed by atoms with E-state index in [4.69, 9.17) is 9.47 Å². The van der Waals surface area contributed by atoms with Crippen LogP contribution in [-0.4, -0.2) is 53.2 Å². The monoisotopic (exact) mass is 589 g/mol. The van der Waals surface area contributed by atoms with Gasteiger partial charge in [0.25, 0.3) is 0 Å². The Morgan fingerprint density at radius 1 is 0.884 bits per heavy atom. The van der Waals surface area contributed by atoms with Crippen LogP contribution in [-0.2, 0) is 20.7 Å². The summed E-state index contributed by atoms with van der Waals surface area (Å²) < 4.78 is 11.2. The lowest BCUT2D eigenvalue weighted by atomic mass is 9.77. The average molecular weight is 590 g/mol. The molecule has 0 saturated carbocycles. The van der Waals surface area contributed by atoms with Crippen molar-refractivity contribution in [1.82, 2.24) is 10.2 Å². The molecular formula is C35H47N3O5. The van der Waals surface area contributed by atoms with Crippen molar-refractivity contribution in [2.45, 2.75) is 98.4 Å². The quantitative estimate of drug-likeness (QED) is 0.377. The van der Waals surface area contributed by atoms with Crippen molar-refractivity contribution in [3.05, 3.63) is 70.8 Å². The predicted octanol–water partition coefficient (Wildman–Crippen LogP) is 6.91. The van der Waals surface area contributed by atoms with Crippen LogP contribution in [0.1, 0.15) is 102 Å². The Balaban J connectivity index is 1.55. The number of carbonyl (C=O) groups excluding carboxylic acids is 3. The lowest BCUT2D eigenvalue weighted by Crippen LogP contribution is -2.51. The molecule has 0 aromatic heterocycles. The van der Waals surface area contributed by atoms with Crippen LogP contribution >= 0.6 is 0 Å². The average Bonchev–Trinajstić information content (AvgIpc) is 2.90. The van der Waals surface area contributed by atoms with Crippen molar-refractivity contribution in [1.29, 1.82) is 0 Å². The van der Waals surface area contributed by atoms with E-state index in [1.165, 1.54) is 5.57 Å². The number of rotatable bonds is 4. The van der Waals surface area contributed by atoms with Crippen molar-refractivity contribution >= 4 is 29.2 Å². The molecule has 2 heterocycles. The molecule has 2 aliphatic heterocycles. The summed E-state index contributed by atoms with van der Waals surface area (Å²) in [7, 11) is 0. The molecule has 0 saturated heterocycles. The van der Waals surface area contributed by atoms with Crippen molar-refractivity contribution in [2.75, 3.05) is 18.4 Å². The number of nitrogens with zero attached hydrogens (tertiary/aromatic N) is 1. The highest BCUT2D eigenvalue weighted by molar-refractivity contribution is 5.97. The van der Waals surface area contributed by atoms with Gasteiger partial charge < -0.3 is 25.0 Å². The number of hydrogen-bond acceptors (Lipinski definition) is 6. The SMILES string of the molecule is CC(C)(C)OC(=O)c1ccc(NC(=O)C2NCCc3c(C4=CCN(C(=O)OC(C)(C)C)[C@H](C(C)(C)C)C4)cccc32)cc1. The number of ether oxygens (including phenoxy) is 2. The van der Waals surface area contributed by atoms with Crippen molar-refractivity contribution in [3.8, 4) is 0 Å². The summed E-state index contributed by atoms with van der Waals surface area (Å²) in [6.45, 7) is 18.7. The van der Waals surface area contributed by atoms with Crippen LogP contribution < -0.4 is 10.6 Å². The van der Waals surface area contributed by atoms with E-state index < -0.39 is 23.2 Å². The molecule has 4 rings (SSSR count). The molecular weight excluding hydrogens is 542 g/mol. The summed E-state index contributed by atoms with van der Waals surface area (Å²) in [6, 6.07) is 12.3. The largest absolute Gasteiger partial charge is 0.456 e. The van der Waals surface area contributed by atoms with E-state index in [-0.39, 0.29) is 23.5 Å². The van der Waals surface area contributed by atoms with Crippen LogP contribution in [0.4, 0.5) is 10.5 Å². The van der Waals surface area contributed by atoms with E-state index in [0.29, 0.717) is 30.8 Å². The van der Waals surface area contributed by atoms with Gasteiger partial charge in [-0.25, -0.2) is 9.59 Å². The van der Waals surface area contributed by atoms with Gasteiger partial charge in [-0.2, -0.15) is 0 Å². The fourth-order valence-corrected chi connectivity index (χ4v) is 5.64. The number of anilines is 1. The molecule has 2 aromatic carbocycles. The van der Waals surface area contributed by atoms with Crippen LogP contribution in [0.15, 0.2) is 48.5 Å². The van der Waals surface area contributed by atoms with Gasteiger partial charge in [0.1, 0.15) is 17.2 Å². The van der Waals surface area contributed by atoms with E-state index in [9.17, 15) is 14.4 Å². The molecule has 1 unspecified atom stereocenters. The molecule has 43 heavy (non-hydrogen) atoms. The third-order valence-electron chi connectivity index (χ3n) is 7.59. The Bertz CT molecular complexity index is 1390. The summed E-state index contributed by atoms with van der Waals surface area (Å²) >= 11 is 0. The minimum absolute atomic E-state index is 0.0392. The number of nitrogens with one attached hydrogen (secondary N) is 2. The lowest BCUT2D eigenvalue weighted by Gasteiger charge is -2.43. The highest BCUT2D eigenvalue weighted by Gasteiger charge is 2.39. The van der Waals surface area contributed by atoms with Gasteiger partial charge in [-0.05, 0) is 106 Å². The maximum absolute atomic E-state index is 13.5. The zero-order valence-electron chi connectivity index (χ0n) is 27.1. The van der Waals surface area contributed by atoms with Gasteiger partial charge in [-0.15, -0.1) is 0 Å². The van der Waals surface area contributed by atoms with Gasteiger partial charge >= 0.3 is 12.1 Å². The Labute approximate surface area is 256 Å². The zero-order valence-corrected chi connectivity index (χ0v) is 27.1. The Morgan fingerprint density at radius 3 is 2.14 bits per heavy atom. The number of amides is 2. The van der Waals surface area contributed by atoms with Crippen molar-refractivity contribution in [2.24, 2.45) is 5.41 Å². The summed E-state index contributed by atoms with van der Waals surface area (Å²) in [5.74, 6) is -0.565. The second kappa shape index (κ2) is 12.2. The van der Waals surface area contributed by atoms with Gasteiger partial charge in [0, 0.05) is 24.8 Å². The molecule has 0 fully saturated rings. The highest BCUT2D eigenvalue weighted by atomic mass is 16.6. The van der Waals surface area contributed by atoms with Crippen LogP contribution in [0, 0.1) is 5.41 Å². The molecule has 2 aliphatic rings. The molecule has 0 aliphatic carbocycles. The standard InChI is InChI=1S/C35H47N3O5/c1-33(2,3)28-21-23(18-20-38(28)32(41)43-35(7,8)9)25-11-10-12-27-26(25)17-19-36-29(27)30(39)37-24-15-13-22(14-16-24)31(40)42-34(4,5)6/h10-16,18,28-29,36H,17,19-21H2,1-9H3,(H,37,39)/t28-,29?/m0/s1. The normalized spacial score (nSPS) is 19.2. The van der Waals surface area contributed by atoms with E-state index in [1.54, 1.807) is 24.3 Å². The first-order chi connectivity index (χ1) is 19.9. The number of benzene rings is 2. The van der Waals surface area contributed by atoms with E-state index in [1.807, 2.05) is 58.6 Å². The van der Waals surface area contributed by atoms with E-state index >= 15 is 0 Å². The van der Waals surface area contributed by atoms with Crippen LogP contribution in [0.3, 0.4) is 0 Å². The molecule has 2 aromatic rings. The molecule has 0 spiro atoms. The van der Waals surface area contributed by atoms with E-state index in [0.717, 1.165) is 23.1 Å². The lowest BCUT2D eigenvalue weighted by molar-refractivity contribution is -0.118. The Morgan fingerprint density at radius 2 is 1.53 bits per heavy atom. The van der Waals surface area contributed by atoms with Crippen LogP contribution in [0.5, 0.6) is 0 Å². The molecule has 2 atom stereocenters. The van der Waals surface area contributed by atoms with E-state index in [2.05, 4.69) is 43.5 Å². The number of esters is 1. The summed E-state index contributed by atoms with van der Waals surface area (Å²) in [6.07, 6.45) is 3.34. The minimum Gasteiger partial charge on any atom is -0.456 e. The third-order valence-corrected chi connectivity index (χ3v) is 7.59. The first-order valence-corrected chi connectivity index (χ1v) is 15.1. The third kappa shape index (κ3) is 8.05. The molecule has 2 amide bonds. The maximum Gasteiger partial charge on any atom is 0.410 e. The topological polar surface area (TPSA) is 97.0 Å². The van der Waals surface area contributed by atoms with Gasteiger partial charge in [0.05, 0.1) is 5.56 Å². The minimum atomic E-state index is -0.582. The number of hydrogen-bond donors (Lipinski definition) is 2. The van der Waals surface area contributed by atoms with Crippen molar-refractivity contribution in [3.63, 3.8) is 0 Å². The molecule has 0 bridgehead atoms. The first kappa shape index (κ1) is 32.3. The first-order valence-electron chi connectivity index (χ1n) is 15.1. The zero-order chi connectivity index (χ0) is 31.7. The number of fused-ring (bicyclic) bond motifs is 1. The highest BCUT2D eigenvalue weighted by Crippen LogP contribution is 2.39. The fraction of sp³-hybridized carbons (Fsp3) is 0.514. The molecule has 8 heteroatoms.